The number of rotatable bonds is 6. The van der Waals surface area contributed by atoms with E-state index in [2.05, 4.69) is 27.8 Å². The molecule has 1 aromatic heterocycles. The van der Waals surface area contributed by atoms with E-state index in [1.807, 2.05) is 36.4 Å². The molecular weight excluding hydrogens is 466 g/mol. The van der Waals surface area contributed by atoms with Gasteiger partial charge in [-0.15, -0.1) is 0 Å². The van der Waals surface area contributed by atoms with Crippen LogP contribution in [0.1, 0.15) is 53.2 Å². The van der Waals surface area contributed by atoms with Gasteiger partial charge in [0.2, 0.25) is 0 Å². The second-order valence-corrected chi connectivity index (χ2v) is 10.5. The molecular formula is C26H27N3O5S. The molecule has 0 fully saturated rings. The zero-order valence-electron chi connectivity index (χ0n) is 19.9. The van der Waals surface area contributed by atoms with Crippen LogP contribution in [-0.4, -0.2) is 40.7 Å². The van der Waals surface area contributed by atoms with Crippen LogP contribution in [0.3, 0.4) is 0 Å². The van der Waals surface area contributed by atoms with Gasteiger partial charge in [0.25, 0.3) is 5.91 Å². The minimum absolute atomic E-state index is 0.0714. The normalized spacial score (nSPS) is 13.5. The first-order valence-electron chi connectivity index (χ1n) is 11.2. The second-order valence-electron chi connectivity index (χ2n) is 9.49. The smallest absolute Gasteiger partial charge is 0.413 e. The number of fused-ring (bicyclic) bond motifs is 3. The number of hydrogen-bond donors (Lipinski definition) is 3. The van der Waals surface area contributed by atoms with Crippen molar-refractivity contribution in [3.05, 3.63) is 70.2 Å². The maximum Gasteiger partial charge on any atom is 0.413 e. The molecule has 2 aromatic carbocycles. The van der Waals surface area contributed by atoms with Crippen LogP contribution in [0.25, 0.3) is 11.1 Å². The summed E-state index contributed by atoms with van der Waals surface area (Å²) < 4.78 is 5.53. The molecule has 0 saturated carbocycles. The van der Waals surface area contributed by atoms with Crippen molar-refractivity contribution < 1.29 is 24.2 Å². The number of hydrogen-bond acceptors (Lipinski definition) is 6. The van der Waals surface area contributed by atoms with Crippen LogP contribution in [-0.2, 0) is 9.53 Å². The van der Waals surface area contributed by atoms with Gasteiger partial charge >= 0.3 is 12.1 Å². The van der Waals surface area contributed by atoms with Crippen LogP contribution in [0.15, 0.2) is 48.5 Å². The lowest BCUT2D eigenvalue weighted by Crippen LogP contribution is -2.49. The van der Waals surface area contributed by atoms with Crippen molar-refractivity contribution in [3.8, 4) is 11.1 Å². The number of anilines is 1. The second kappa shape index (κ2) is 9.50. The summed E-state index contributed by atoms with van der Waals surface area (Å²) in [6.07, 6.45) is -0.675. The number of aryl methyl sites for hydroxylation is 1. The fourth-order valence-corrected chi connectivity index (χ4v) is 5.08. The minimum Gasteiger partial charge on any atom is -0.480 e. The summed E-state index contributed by atoms with van der Waals surface area (Å²) in [5.74, 6) is -1.74. The van der Waals surface area contributed by atoms with E-state index in [9.17, 15) is 19.5 Å². The number of carbonyl (C=O) groups excluding carboxylic acids is 2. The van der Waals surface area contributed by atoms with Gasteiger partial charge in [-0.1, -0.05) is 80.6 Å². The Morgan fingerprint density at radius 3 is 2.17 bits per heavy atom. The van der Waals surface area contributed by atoms with Crippen molar-refractivity contribution in [1.82, 2.24) is 10.3 Å². The minimum atomic E-state index is -1.12. The molecule has 1 aliphatic rings. The molecule has 3 aromatic rings. The largest absolute Gasteiger partial charge is 0.480 e. The zero-order chi connectivity index (χ0) is 25.3. The van der Waals surface area contributed by atoms with Gasteiger partial charge in [-0.25, -0.2) is 14.6 Å². The van der Waals surface area contributed by atoms with Crippen molar-refractivity contribution in [2.45, 2.75) is 39.7 Å². The summed E-state index contributed by atoms with van der Waals surface area (Å²) in [4.78, 5) is 41.3. The number of aromatic nitrogens is 1. The number of carboxylic acid groups (broad SMARTS) is 1. The molecule has 1 aliphatic carbocycles. The highest BCUT2D eigenvalue weighted by atomic mass is 32.1. The molecule has 1 heterocycles. The van der Waals surface area contributed by atoms with E-state index in [-0.39, 0.29) is 22.5 Å². The molecule has 0 radical (unpaired) electrons. The van der Waals surface area contributed by atoms with Crippen LogP contribution in [0.2, 0.25) is 0 Å². The topological polar surface area (TPSA) is 118 Å². The molecule has 3 N–H and O–H groups in total. The van der Waals surface area contributed by atoms with Crippen molar-refractivity contribution in [2.24, 2.45) is 5.41 Å². The number of ether oxygens (including phenoxy) is 1. The summed E-state index contributed by atoms with van der Waals surface area (Å²) in [6.45, 7) is 6.98. The summed E-state index contributed by atoms with van der Waals surface area (Å²) in [5, 5.41) is 14.8. The SMILES string of the molecule is Cc1nc(NC(=O)OCC2c3ccccc3-c3ccccc32)sc1C(=O)N[C@H](C(=O)O)C(C)(C)C. The summed E-state index contributed by atoms with van der Waals surface area (Å²) in [7, 11) is 0. The van der Waals surface area contributed by atoms with Gasteiger partial charge in [0, 0.05) is 5.92 Å². The fraction of sp³-hybridized carbons (Fsp3) is 0.308. The molecule has 182 valence electrons. The average molecular weight is 494 g/mol. The lowest BCUT2D eigenvalue weighted by Gasteiger charge is -2.27. The Morgan fingerprint density at radius 1 is 1.06 bits per heavy atom. The molecule has 2 amide bonds. The number of thiazole rings is 1. The van der Waals surface area contributed by atoms with E-state index in [0.29, 0.717) is 5.69 Å². The highest BCUT2D eigenvalue weighted by Crippen LogP contribution is 2.44. The van der Waals surface area contributed by atoms with Gasteiger partial charge in [0.1, 0.15) is 17.5 Å². The van der Waals surface area contributed by atoms with Gasteiger partial charge < -0.3 is 15.2 Å². The maximum atomic E-state index is 12.7. The molecule has 4 rings (SSSR count). The number of benzene rings is 2. The van der Waals surface area contributed by atoms with Crippen molar-refractivity contribution in [1.29, 1.82) is 0 Å². The summed E-state index contributed by atoms with van der Waals surface area (Å²) >= 11 is 0.967. The quantitative estimate of drug-likeness (QED) is 0.443. The first-order valence-corrected chi connectivity index (χ1v) is 12.0. The average Bonchev–Trinajstić information content (AvgIpc) is 3.32. The first kappa shape index (κ1) is 24.4. The van der Waals surface area contributed by atoms with E-state index >= 15 is 0 Å². The lowest BCUT2D eigenvalue weighted by molar-refractivity contribution is -0.142. The third-order valence-corrected chi connectivity index (χ3v) is 7.02. The molecule has 0 aliphatic heterocycles. The van der Waals surface area contributed by atoms with Crippen LogP contribution >= 0.6 is 11.3 Å². The highest BCUT2D eigenvalue weighted by molar-refractivity contribution is 7.17. The lowest BCUT2D eigenvalue weighted by atomic mass is 9.87. The van der Waals surface area contributed by atoms with Crippen LogP contribution in [0, 0.1) is 12.3 Å². The third-order valence-electron chi connectivity index (χ3n) is 5.94. The standard InChI is InChI=1S/C26H27N3O5S/c1-14-20(22(30)28-21(23(31)32)26(2,3)4)35-24(27-14)29-25(33)34-13-19-17-11-7-5-9-15(17)16-10-6-8-12-18(16)19/h5-12,19,21H,13H2,1-4H3,(H,28,30)(H,31,32)(H,27,29,33)/t21-/m1/s1. The Labute approximate surface area is 207 Å². The predicted octanol–water partition coefficient (Wildman–Crippen LogP) is 5.04. The molecule has 0 unspecified atom stereocenters. The van der Waals surface area contributed by atoms with E-state index < -0.39 is 29.4 Å². The van der Waals surface area contributed by atoms with Gasteiger partial charge in [-0.05, 0) is 34.6 Å². The Kier molecular flexibility index (Phi) is 6.62. The number of carboxylic acids is 1. The van der Waals surface area contributed by atoms with Crippen LogP contribution < -0.4 is 10.6 Å². The van der Waals surface area contributed by atoms with E-state index in [1.165, 1.54) is 0 Å². The molecule has 8 nitrogen and oxygen atoms in total. The molecule has 0 saturated heterocycles. The number of nitrogens with zero attached hydrogens (tertiary/aromatic N) is 1. The Balaban J connectivity index is 1.42. The maximum absolute atomic E-state index is 12.7. The van der Waals surface area contributed by atoms with Gasteiger partial charge in [-0.3, -0.25) is 10.1 Å². The van der Waals surface area contributed by atoms with Gasteiger partial charge in [0.05, 0.1) is 5.69 Å². The van der Waals surface area contributed by atoms with Crippen molar-refractivity contribution in [2.75, 3.05) is 11.9 Å². The molecule has 0 spiro atoms. The monoisotopic (exact) mass is 493 g/mol. The summed E-state index contributed by atoms with van der Waals surface area (Å²) in [5.41, 5.74) is 4.20. The van der Waals surface area contributed by atoms with E-state index in [4.69, 9.17) is 4.74 Å². The first-order chi connectivity index (χ1) is 16.6. The Morgan fingerprint density at radius 2 is 1.63 bits per heavy atom. The molecule has 1 atom stereocenters. The summed E-state index contributed by atoms with van der Waals surface area (Å²) in [6, 6.07) is 15.1. The van der Waals surface area contributed by atoms with Crippen molar-refractivity contribution >= 4 is 34.4 Å². The molecule has 9 heteroatoms. The van der Waals surface area contributed by atoms with Gasteiger partial charge in [-0.2, -0.15) is 0 Å². The number of carbonyl (C=O) groups is 3. The predicted molar refractivity (Wildman–Crippen MR) is 134 cm³/mol. The van der Waals surface area contributed by atoms with Crippen molar-refractivity contribution in [3.63, 3.8) is 0 Å². The van der Waals surface area contributed by atoms with E-state index in [0.717, 1.165) is 33.6 Å². The molecule has 0 bridgehead atoms. The third kappa shape index (κ3) is 5.05. The number of aliphatic carboxylic acids is 1. The Hall–Kier alpha value is -3.72. The number of nitrogens with one attached hydrogen (secondary N) is 2. The fourth-order valence-electron chi connectivity index (χ4n) is 4.23. The molecule has 35 heavy (non-hydrogen) atoms. The van der Waals surface area contributed by atoms with E-state index in [1.54, 1.807) is 27.7 Å². The van der Waals surface area contributed by atoms with Gasteiger partial charge in [0.15, 0.2) is 5.13 Å². The highest BCUT2D eigenvalue weighted by Gasteiger charge is 2.34. The number of amides is 2. The Bertz CT molecular complexity index is 1250. The zero-order valence-corrected chi connectivity index (χ0v) is 20.7. The van der Waals surface area contributed by atoms with Crippen LogP contribution in [0.4, 0.5) is 9.93 Å². The van der Waals surface area contributed by atoms with Crippen LogP contribution in [0.5, 0.6) is 0 Å².